The molecule has 174 valence electrons. The zero-order chi connectivity index (χ0) is 24.0. The molecule has 4 nitrogen and oxygen atoms in total. The van der Waals surface area contributed by atoms with Crippen molar-refractivity contribution in [3.8, 4) is 17.1 Å². The van der Waals surface area contributed by atoms with Crippen molar-refractivity contribution < 1.29 is 22.0 Å². The summed E-state index contributed by atoms with van der Waals surface area (Å²) in [7, 11) is 0. The lowest BCUT2D eigenvalue weighted by Gasteiger charge is -2.32. The first-order valence-corrected chi connectivity index (χ1v) is 10.5. The summed E-state index contributed by atoms with van der Waals surface area (Å²) >= 11 is 6.06. The van der Waals surface area contributed by atoms with Crippen LogP contribution in [0.2, 0.25) is 5.02 Å². The number of aromatic nitrogens is 2. The monoisotopic (exact) mass is 483 g/mol. The first-order valence-electron chi connectivity index (χ1n) is 10.2. The summed E-state index contributed by atoms with van der Waals surface area (Å²) < 4.78 is 67.4. The molecule has 1 saturated heterocycles. The van der Waals surface area contributed by atoms with E-state index in [1.165, 1.54) is 22.8 Å². The Morgan fingerprint density at radius 3 is 2.21 bits per heavy atom. The average Bonchev–Trinajstić information content (AvgIpc) is 2.73. The molecule has 10 heteroatoms. The molecule has 0 radical (unpaired) electrons. The number of aryl methyl sites for hydroxylation is 1. The van der Waals surface area contributed by atoms with Crippen LogP contribution in [0.4, 0.5) is 27.8 Å². The van der Waals surface area contributed by atoms with Crippen LogP contribution in [0.5, 0.6) is 0 Å². The maximum Gasteiger partial charge on any atom is 0.416 e. The van der Waals surface area contributed by atoms with Gasteiger partial charge in [0.2, 0.25) is 0 Å². The number of piperidine rings is 1. The Morgan fingerprint density at radius 2 is 1.64 bits per heavy atom. The predicted molar refractivity (Wildman–Crippen MR) is 116 cm³/mol. The second kappa shape index (κ2) is 8.44. The van der Waals surface area contributed by atoms with E-state index in [0.29, 0.717) is 16.1 Å². The van der Waals surface area contributed by atoms with E-state index in [1.54, 1.807) is 30.0 Å². The number of hydrogen-bond acceptors (Lipinski definition) is 3. The van der Waals surface area contributed by atoms with Gasteiger partial charge >= 0.3 is 6.18 Å². The molecule has 0 bridgehead atoms. The Hall–Kier alpha value is -2.94. The Morgan fingerprint density at radius 1 is 1.00 bits per heavy atom. The molecule has 0 unspecified atom stereocenters. The van der Waals surface area contributed by atoms with Crippen LogP contribution in [0.3, 0.4) is 0 Å². The fourth-order valence-electron chi connectivity index (χ4n) is 3.80. The van der Waals surface area contributed by atoms with Gasteiger partial charge in [-0.3, -0.25) is 9.36 Å². The minimum Gasteiger partial charge on any atom is -0.356 e. The lowest BCUT2D eigenvalue weighted by molar-refractivity contribution is -0.137. The van der Waals surface area contributed by atoms with Crippen LogP contribution < -0.4 is 10.5 Å². The van der Waals surface area contributed by atoms with Crippen LogP contribution in [0.15, 0.2) is 53.3 Å². The minimum absolute atomic E-state index is 0.0305. The molecule has 1 aromatic heterocycles. The van der Waals surface area contributed by atoms with Crippen LogP contribution in [-0.4, -0.2) is 28.6 Å². The molecular weight excluding hydrogens is 465 g/mol. The van der Waals surface area contributed by atoms with Gasteiger partial charge in [0.1, 0.15) is 11.6 Å². The smallest absolute Gasteiger partial charge is 0.356 e. The standard InChI is InChI=1S/C23H19ClF5N3O/c1-14-12-16(24)4-7-18(14)21-30-19(31-10-8-22(25,26)9-11-31)13-20(33)32(21)17-5-2-15(3-6-17)23(27,28)29/h2-7,12-13H,8-11H2,1H3. The van der Waals surface area contributed by atoms with Crippen LogP contribution in [0.25, 0.3) is 17.1 Å². The zero-order valence-electron chi connectivity index (χ0n) is 17.5. The van der Waals surface area contributed by atoms with Crippen LogP contribution >= 0.6 is 11.6 Å². The molecule has 33 heavy (non-hydrogen) atoms. The maximum atomic E-state index is 13.6. The highest BCUT2D eigenvalue weighted by molar-refractivity contribution is 6.30. The van der Waals surface area contributed by atoms with Crippen LogP contribution in [0, 0.1) is 6.92 Å². The quantitative estimate of drug-likeness (QED) is 0.421. The number of hydrogen-bond donors (Lipinski definition) is 0. The fourth-order valence-corrected chi connectivity index (χ4v) is 4.03. The molecule has 1 aliphatic rings. The second-order valence-corrected chi connectivity index (χ2v) is 8.39. The van der Waals surface area contributed by atoms with E-state index in [-0.39, 0.29) is 43.3 Å². The molecule has 0 atom stereocenters. The van der Waals surface area contributed by atoms with Crippen molar-refractivity contribution in [1.29, 1.82) is 0 Å². The SMILES string of the molecule is Cc1cc(Cl)ccc1-c1nc(N2CCC(F)(F)CC2)cc(=O)n1-c1ccc(C(F)(F)F)cc1. The van der Waals surface area contributed by atoms with Crippen molar-refractivity contribution in [3.63, 3.8) is 0 Å². The zero-order valence-corrected chi connectivity index (χ0v) is 18.2. The molecule has 3 aromatic rings. The summed E-state index contributed by atoms with van der Waals surface area (Å²) in [5.41, 5.74) is 0.0448. The Bertz CT molecular complexity index is 1230. The van der Waals surface area contributed by atoms with Gasteiger partial charge in [-0.15, -0.1) is 0 Å². The lowest BCUT2D eigenvalue weighted by Crippen LogP contribution is -2.40. The minimum atomic E-state index is -4.52. The molecule has 0 spiro atoms. The van der Waals surface area contributed by atoms with Crippen molar-refractivity contribution in [2.45, 2.75) is 31.9 Å². The highest BCUT2D eigenvalue weighted by Crippen LogP contribution is 2.33. The Kier molecular flexibility index (Phi) is 5.94. The predicted octanol–water partition coefficient (Wildman–Crippen LogP) is 6.12. The molecule has 0 saturated carbocycles. The van der Waals surface area contributed by atoms with Crippen molar-refractivity contribution in [3.05, 3.63) is 75.0 Å². The molecule has 1 aliphatic heterocycles. The normalized spacial score (nSPS) is 16.2. The van der Waals surface area contributed by atoms with Crippen molar-refractivity contribution in [1.82, 2.24) is 9.55 Å². The largest absolute Gasteiger partial charge is 0.416 e. The van der Waals surface area contributed by atoms with Gasteiger partial charge in [-0.1, -0.05) is 11.6 Å². The summed E-state index contributed by atoms with van der Waals surface area (Å²) in [6, 6.07) is 10.3. The van der Waals surface area contributed by atoms with Crippen LogP contribution in [0.1, 0.15) is 24.0 Å². The topological polar surface area (TPSA) is 38.1 Å². The van der Waals surface area contributed by atoms with Gasteiger partial charge in [0.05, 0.1) is 11.3 Å². The number of rotatable bonds is 3. The first-order chi connectivity index (χ1) is 15.4. The van der Waals surface area contributed by atoms with Gasteiger partial charge < -0.3 is 4.90 Å². The van der Waals surface area contributed by atoms with E-state index >= 15 is 0 Å². The summed E-state index contributed by atoms with van der Waals surface area (Å²) in [5.74, 6) is -2.34. The molecule has 1 fully saturated rings. The fraction of sp³-hybridized carbons (Fsp3) is 0.304. The van der Waals surface area contributed by atoms with Gasteiger partial charge in [-0.05, 0) is 55.0 Å². The van der Waals surface area contributed by atoms with Crippen molar-refractivity contribution in [2.24, 2.45) is 0 Å². The molecule has 0 aliphatic carbocycles. The molecule has 4 rings (SSSR count). The molecule has 0 amide bonds. The Balaban J connectivity index is 1.86. The van der Waals surface area contributed by atoms with Crippen molar-refractivity contribution >= 4 is 17.4 Å². The summed E-state index contributed by atoms with van der Waals surface area (Å²) in [6.07, 6.45) is -5.23. The number of anilines is 1. The molecule has 0 N–H and O–H groups in total. The van der Waals surface area contributed by atoms with E-state index in [9.17, 15) is 26.7 Å². The van der Waals surface area contributed by atoms with E-state index in [1.807, 2.05) is 0 Å². The van der Waals surface area contributed by atoms with Crippen LogP contribution in [-0.2, 0) is 6.18 Å². The van der Waals surface area contributed by atoms with E-state index in [2.05, 4.69) is 4.98 Å². The van der Waals surface area contributed by atoms with Gasteiger partial charge in [0.25, 0.3) is 11.5 Å². The number of alkyl halides is 5. The molecule has 2 heterocycles. The third-order valence-corrected chi connectivity index (χ3v) is 5.84. The highest BCUT2D eigenvalue weighted by atomic mass is 35.5. The lowest BCUT2D eigenvalue weighted by atomic mass is 10.1. The third-order valence-electron chi connectivity index (χ3n) is 5.61. The number of nitrogens with zero attached hydrogens (tertiary/aromatic N) is 3. The summed E-state index contributed by atoms with van der Waals surface area (Å²) in [6.45, 7) is 1.82. The van der Waals surface area contributed by atoms with Gasteiger partial charge in [0.15, 0.2) is 0 Å². The first kappa shape index (κ1) is 23.2. The van der Waals surface area contributed by atoms with Gasteiger partial charge in [-0.25, -0.2) is 13.8 Å². The molecule has 2 aromatic carbocycles. The maximum absolute atomic E-state index is 13.6. The molecular formula is C23H19ClF5N3O. The Labute approximate surface area is 191 Å². The van der Waals surface area contributed by atoms with Crippen molar-refractivity contribution in [2.75, 3.05) is 18.0 Å². The number of benzene rings is 2. The third kappa shape index (κ3) is 4.88. The summed E-state index contributed by atoms with van der Waals surface area (Å²) in [4.78, 5) is 19.4. The van der Waals surface area contributed by atoms with E-state index in [4.69, 9.17) is 11.6 Å². The summed E-state index contributed by atoms with van der Waals surface area (Å²) in [5, 5.41) is 0.467. The van der Waals surface area contributed by atoms with E-state index < -0.39 is 23.2 Å². The second-order valence-electron chi connectivity index (χ2n) is 7.96. The number of halogens is 6. The average molecular weight is 484 g/mol. The van der Waals surface area contributed by atoms with Gasteiger partial charge in [-0.2, -0.15) is 13.2 Å². The highest BCUT2D eigenvalue weighted by Gasteiger charge is 2.35. The van der Waals surface area contributed by atoms with Gasteiger partial charge in [0, 0.05) is 42.6 Å². The van der Waals surface area contributed by atoms with E-state index in [0.717, 1.165) is 12.1 Å².